The first kappa shape index (κ1) is 16.7. The van der Waals surface area contributed by atoms with Gasteiger partial charge in [-0.15, -0.1) is 10.2 Å². The van der Waals surface area contributed by atoms with Crippen LogP contribution in [0.1, 0.15) is 24.5 Å². The summed E-state index contributed by atoms with van der Waals surface area (Å²) in [6.45, 7) is 5.08. The lowest BCUT2D eigenvalue weighted by atomic mass is 10.1. The van der Waals surface area contributed by atoms with Crippen LogP contribution in [0.15, 0.2) is 53.7 Å². The molecular formula is C19H20FN3S. The Bertz CT molecular complexity index is 829. The first-order valence-corrected chi connectivity index (χ1v) is 9.03. The highest BCUT2D eigenvalue weighted by atomic mass is 32.2. The van der Waals surface area contributed by atoms with Gasteiger partial charge in [-0.2, -0.15) is 0 Å². The van der Waals surface area contributed by atoms with E-state index in [-0.39, 0.29) is 5.82 Å². The standard InChI is InChI=1S/C19H20FN3S/c1-3-10-23-18(16-8-4-6-14(2)11-16)21-22-19(23)24-13-15-7-5-9-17(20)12-15/h4-9,11-12H,3,10,13H2,1-2H3. The molecule has 0 saturated carbocycles. The number of rotatable bonds is 6. The summed E-state index contributed by atoms with van der Waals surface area (Å²) in [7, 11) is 0. The monoisotopic (exact) mass is 341 g/mol. The van der Waals surface area contributed by atoms with Crippen LogP contribution in [0.25, 0.3) is 11.4 Å². The van der Waals surface area contributed by atoms with Gasteiger partial charge in [-0.05, 0) is 37.1 Å². The lowest BCUT2D eigenvalue weighted by molar-refractivity contribution is 0.624. The van der Waals surface area contributed by atoms with Crippen molar-refractivity contribution in [1.29, 1.82) is 0 Å². The molecule has 3 rings (SSSR count). The molecule has 0 fully saturated rings. The predicted molar refractivity (Wildman–Crippen MR) is 96.4 cm³/mol. The van der Waals surface area contributed by atoms with Gasteiger partial charge in [0, 0.05) is 17.9 Å². The highest BCUT2D eigenvalue weighted by Crippen LogP contribution is 2.27. The molecule has 0 bridgehead atoms. The van der Waals surface area contributed by atoms with E-state index in [1.165, 1.54) is 11.6 Å². The zero-order valence-electron chi connectivity index (χ0n) is 13.9. The molecule has 0 unspecified atom stereocenters. The SMILES string of the molecule is CCCn1c(SCc2cccc(F)c2)nnc1-c1cccc(C)c1. The molecule has 0 aliphatic rings. The maximum Gasteiger partial charge on any atom is 0.191 e. The average molecular weight is 341 g/mol. The van der Waals surface area contributed by atoms with Crippen molar-refractivity contribution in [3.8, 4) is 11.4 Å². The molecule has 0 aliphatic carbocycles. The van der Waals surface area contributed by atoms with Crippen LogP contribution < -0.4 is 0 Å². The summed E-state index contributed by atoms with van der Waals surface area (Å²) < 4.78 is 15.5. The Labute approximate surface area is 145 Å². The van der Waals surface area contributed by atoms with Crippen LogP contribution in [-0.2, 0) is 12.3 Å². The molecule has 0 saturated heterocycles. The molecule has 0 spiro atoms. The molecule has 124 valence electrons. The van der Waals surface area contributed by atoms with Gasteiger partial charge in [-0.25, -0.2) is 4.39 Å². The van der Waals surface area contributed by atoms with Gasteiger partial charge in [0.05, 0.1) is 0 Å². The number of thioether (sulfide) groups is 1. The summed E-state index contributed by atoms with van der Waals surface area (Å²) in [5.41, 5.74) is 3.23. The summed E-state index contributed by atoms with van der Waals surface area (Å²) in [5.74, 6) is 1.36. The van der Waals surface area contributed by atoms with Gasteiger partial charge in [0.1, 0.15) is 5.82 Å². The Kier molecular flexibility index (Phi) is 5.30. The van der Waals surface area contributed by atoms with Gasteiger partial charge in [-0.3, -0.25) is 0 Å². The van der Waals surface area contributed by atoms with Crippen molar-refractivity contribution >= 4 is 11.8 Å². The molecule has 3 nitrogen and oxygen atoms in total. The Balaban J connectivity index is 1.86. The van der Waals surface area contributed by atoms with Gasteiger partial charge in [0.2, 0.25) is 0 Å². The first-order valence-electron chi connectivity index (χ1n) is 8.05. The van der Waals surface area contributed by atoms with Crippen molar-refractivity contribution in [2.24, 2.45) is 0 Å². The van der Waals surface area contributed by atoms with E-state index in [0.717, 1.165) is 35.1 Å². The average Bonchev–Trinajstić information content (AvgIpc) is 2.96. The zero-order chi connectivity index (χ0) is 16.9. The van der Waals surface area contributed by atoms with Crippen molar-refractivity contribution in [3.05, 3.63) is 65.5 Å². The summed E-state index contributed by atoms with van der Waals surface area (Å²) >= 11 is 1.59. The maximum absolute atomic E-state index is 13.3. The van der Waals surface area contributed by atoms with Gasteiger partial charge in [-0.1, -0.05) is 54.6 Å². The third kappa shape index (κ3) is 3.85. The fourth-order valence-corrected chi connectivity index (χ4v) is 3.50. The second-order valence-electron chi connectivity index (χ2n) is 5.75. The van der Waals surface area contributed by atoms with Crippen molar-refractivity contribution in [2.45, 2.75) is 37.7 Å². The van der Waals surface area contributed by atoms with Crippen LogP contribution in [-0.4, -0.2) is 14.8 Å². The van der Waals surface area contributed by atoms with E-state index in [1.54, 1.807) is 23.9 Å². The molecule has 5 heteroatoms. The molecule has 0 aliphatic heterocycles. The molecule has 0 atom stereocenters. The highest BCUT2D eigenvalue weighted by molar-refractivity contribution is 7.98. The summed E-state index contributed by atoms with van der Waals surface area (Å²) in [4.78, 5) is 0. The first-order chi connectivity index (χ1) is 11.7. The van der Waals surface area contributed by atoms with E-state index in [9.17, 15) is 4.39 Å². The Hall–Kier alpha value is -2.14. The van der Waals surface area contributed by atoms with Crippen molar-refractivity contribution in [2.75, 3.05) is 0 Å². The molecule has 2 aromatic carbocycles. The van der Waals surface area contributed by atoms with Crippen molar-refractivity contribution in [3.63, 3.8) is 0 Å². The second kappa shape index (κ2) is 7.62. The second-order valence-corrected chi connectivity index (χ2v) is 6.69. The number of aryl methyl sites for hydroxylation is 1. The molecule has 0 amide bonds. The Morgan fingerprint density at radius 1 is 1.08 bits per heavy atom. The zero-order valence-corrected chi connectivity index (χ0v) is 14.7. The minimum atomic E-state index is -0.205. The van der Waals surface area contributed by atoms with E-state index in [2.05, 4.69) is 46.8 Å². The van der Waals surface area contributed by atoms with E-state index in [0.29, 0.717) is 5.75 Å². The van der Waals surface area contributed by atoms with Crippen LogP contribution >= 0.6 is 11.8 Å². The summed E-state index contributed by atoms with van der Waals surface area (Å²) in [5, 5.41) is 9.63. The number of aromatic nitrogens is 3. The van der Waals surface area contributed by atoms with E-state index in [1.807, 2.05) is 12.1 Å². The molecule has 3 aromatic rings. The third-order valence-electron chi connectivity index (χ3n) is 3.70. The molecule has 1 heterocycles. The summed E-state index contributed by atoms with van der Waals surface area (Å²) in [6.07, 6.45) is 1.00. The normalized spacial score (nSPS) is 11.0. The third-order valence-corrected chi connectivity index (χ3v) is 4.74. The number of halogens is 1. The minimum Gasteiger partial charge on any atom is -0.302 e. The lowest BCUT2D eigenvalue weighted by Crippen LogP contribution is -2.02. The molecule has 0 radical (unpaired) electrons. The topological polar surface area (TPSA) is 30.7 Å². The van der Waals surface area contributed by atoms with Gasteiger partial charge in [0.15, 0.2) is 11.0 Å². The van der Waals surface area contributed by atoms with Crippen molar-refractivity contribution < 1.29 is 4.39 Å². The minimum absolute atomic E-state index is 0.205. The Morgan fingerprint density at radius 2 is 1.92 bits per heavy atom. The fourth-order valence-electron chi connectivity index (χ4n) is 2.59. The van der Waals surface area contributed by atoms with Crippen LogP contribution in [0.3, 0.4) is 0 Å². The highest BCUT2D eigenvalue weighted by Gasteiger charge is 2.14. The fraction of sp³-hybridized carbons (Fsp3) is 0.263. The number of hydrogen-bond donors (Lipinski definition) is 0. The van der Waals surface area contributed by atoms with E-state index in [4.69, 9.17) is 0 Å². The maximum atomic E-state index is 13.3. The number of hydrogen-bond acceptors (Lipinski definition) is 3. The smallest absolute Gasteiger partial charge is 0.191 e. The predicted octanol–water partition coefficient (Wildman–Crippen LogP) is 5.09. The van der Waals surface area contributed by atoms with Gasteiger partial charge in [0.25, 0.3) is 0 Å². The molecule has 1 aromatic heterocycles. The molecular weight excluding hydrogens is 321 g/mol. The van der Waals surface area contributed by atoms with Gasteiger partial charge < -0.3 is 4.57 Å². The van der Waals surface area contributed by atoms with Crippen LogP contribution in [0.2, 0.25) is 0 Å². The van der Waals surface area contributed by atoms with Crippen molar-refractivity contribution in [1.82, 2.24) is 14.8 Å². The van der Waals surface area contributed by atoms with E-state index < -0.39 is 0 Å². The van der Waals surface area contributed by atoms with Crippen LogP contribution in [0, 0.1) is 12.7 Å². The molecule has 0 N–H and O–H groups in total. The largest absolute Gasteiger partial charge is 0.302 e. The summed E-state index contributed by atoms with van der Waals surface area (Å²) in [6, 6.07) is 15.0. The van der Waals surface area contributed by atoms with Crippen LogP contribution in [0.4, 0.5) is 4.39 Å². The van der Waals surface area contributed by atoms with Gasteiger partial charge >= 0.3 is 0 Å². The Morgan fingerprint density at radius 3 is 2.67 bits per heavy atom. The van der Waals surface area contributed by atoms with Crippen LogP contribution in [0.5, 0.6) is 0 Å². The number of benzene rings is 2. The van der Waals surface area contributed by atoms with E-state index >= 15 is 0 Å². The molecule has 24 heavy (non-hydrogen) atoms. The number of nitrogens with zero attached hydrogens (tertiary/aromatic N) is 3. The lowest BCUT2D eigenvalue weighted by Gasteiger charge is -2.09. The quantitative estimate of drug-likeness (QED) is 0.585.